The standard InChI is InChI=1S/C25H35N7O2S/c1-15-12-16(2)27-21(26-15)30-22(28-19-13-24(3,4)32-25(5,6)14-19)31-23(35)29-18-10-8-17(9-11-18)20(33)34-7/h8-12,19,32H,13-14H2,1-7H3,(H3,26,27,28,29,30,31,35). The van der Waals surface area contributed by atoms with Crippen LogP contribution in [-0.4, -0.2) is 51.2 Å². The molecule has 1 fully saturated rings. The second-order valence-electron chi connectivity index (χ2n) is 10.2. The molecule has 1 aromatic carbocycles. The normalized spacial score (nSPS) is 17.4. The first-order valence-electron chi connectivity index (χ1n) is 11.6. The summed E-state index contributed by atoms with van der Waals surface area (Å²) >= 11 is 5.56. The molecule has 1 aliphatic heterocycles. The van der Waals surface area contributed by atoms with Gasteiger partial charge in [-0.25, -0.2) is 19.8 Å². The zero-order valence-electron chi connectivity index (χ0n) is 21.4. The summed E-state index contributed by atoms with van der Waals surface area (Å²) in [5.41, 5.74) is 2.78. The molecule has 0 radical (unpaired) electrons. The topological polar surface area (TPSA) is 113 Å². The van der Waals surface area contributed by atoms with Crippen molar-refractivity contribution in [1.29, 1.82) is 0 Å². The fourth-order valence-electron chi connectivity index (χ4n) is 4.60. The second kappa shape index (κ2) is 10.7. The Morgan fingerprint density at radius 2 is 1.63 bits per heavy atom. The van der Waals surface area contributed by atoms with E-state index in [1.165, 1.54) is 7.11 Å². The summed E-state index contributed by atoms with van der Waals surface area (Å²) in [4.78, 5) is 25.6. The Labute approximate surface area is 212 Å². The summed E-state index contributed by atoms with van der Waals surface area (Å²) in [5, 5.41) is 13.5. The Balaban J connectivity index is 1.81. The Hall–Kier alpha value is -3.11. The number of esters is 1. The van der Waals surface area contributed by atoms with Gasteiger partial charge >= 0.3 is 5.97 Å². The molecule has 0 spiro atoms. The van der Waals surface area contributed by atoms with Gasteiger partial charge in [0.05, 0.1) is 18.7 Å². The minimum absolute atomic E-state index is 0.0579. The van der Waals surface area contributed by atoms with Gasteiger partial charge in [0, 0.05) is 28.2 Å². The van der Waals surface area contributed by atoms with Crippen LogP contribution in [0.25, 0.3) is 0 Å². The largest absolute Gasteiger partial charge is 0.465 e. The van der Waals surface area contributed by atoms with Crippen LogP contribution in [-0.2, 0) is 4.74 Å². The SMILES string of the molecule is COC(=O)c1ccc(NC(=S)NC(=NC2CC(C)(C)NC(C)(C)C2)Nc2nc(C)cc(C)n2)cc1. The van der Waals surface area contributed by atoms with Crippen molar-refractivity contribution in [3.63, 3.8) is 0 Å². The van der Waals surface area contributed by atoms with E-state index >= 15 is 0 Å². The molecule has 0 amide bonds. The van der Waals surface area contributed by atoms with Gasteiger partial charge in [-0.1, -0.05) is 0 Å². The van der Waals surface area contributed by atoms with E-state index in [-0.39, 0.29) is 17.1 Å². The van der Waals surface area contributed by atoms with Crippen LogP contribution in [0.4, 0.5) is 11.6 Å². The monoisotopic (exact) mass is 497 g/mol. The Bertz CT molecular complexity index is 1080. The van der Waals surface area contributed by atoms with E-state index in [2.05, 4.69) is 58.9 Å². The molecule has 0 saturated carbocycles. The Morgan fingerprint density at radius 1 is 1.06 bits per heavy atom. The van der Waals surface area contributed by atoms with Crippen molar-refractivity contribution >= 4 is 40.9 Å². The highest BCUT2D eigenvalue weighted by Crippen LogP contribution is 2.30. The molecule has 2 heterocycles. The van der Waals surface area contributed by atoms with Crippen molar-refractivity contribution in [2.24, 2.45) is 4.99 Å². The lowest BCUT2D eigenvalue weighted by Gasteiger charge is -2.45. The van der Waals surface area contributed by atoms with E-state index in [1.807, 2.05) is 19.9 Å². The molecule has 1 aromatic heterocycles. The predicted molar refractivity (Wildman–Crippen MR) is 144 cm³/mol. The number of hydrogen-bond donors (Lipinski definition) is 4. The lowest BCUT2D eigenvalue weighted by Crippen LogP contribution is -2.59. The smallest absolute Gasteiger partial charge is 0.337 e. The van der Waals surface area contributed by atoms with E-state index in [9.17, 15) is 4.79 Å². The van der Waals surface area contributed by atoms with Crippen LogP contribution in [0.3, 0.4) is 0 Å². The van der Waals surface area contributed by atoms with Crippen LogP contribution in [0.5, 0.6) is 0 Å². The van der Waals surface area contributed by atoms with Crippen LogP contribution >= 0.6 is 12.2 Å². The fourth-order valence-corrected chi connectivity index (χ4v) is 4.82. The summed E-state index contributed by atoms with van der Waals surface area (Å²) < 4.78 is 4.75. The van der Waals surface area contributed by atoms with Crippen molar-refractivity contribution in [1.82, 2.24) is 20.6 Å². The van der Waals surface area contributed by atoms with Gasteiger partial charge in [-0.3, -0.25) is 5.32 Å². The van der Waals surface area contributed by atoms with Gasteiger partial charge in [-0.15, -0.1) is 0 Å². The molecule has 0 atom stereocenters. The van der Waals surface area contributed by atoms with Gasteiger partial charge in [0.15, 0.2) is 5.11 Å². The molecule has 4 N–H and O–H groups in total. The van der Waals surface area contributed by atoms with Crippen molar-refractivity contribution in [3.8, 4) is 0 Å². The van der Waals surface area contributed by atoms with E-state index < -0.39 is 5.97 Å². The molecule has 0 bridgehead atoms. The van der Waals surface area contributed by atoms with Gasteiger partial charge in [0.1, 0.15) is 0 Å². The maximum atomic E-state index is 11.7. The van der Waals surface area contributed by atoms with Gasteiger partial charge in [-0.05, 0) is 96.9 Å². The van der Waals surface area contributed by atoms with Crippen LogP contribution in [0.1, 0.15) is 62.3 Å². The maximum absolute atomic E-state index is 11.7. The quantitative estimate of drug-likeness (QED) is 0.216. The highest BCUT2D eigenvalue weighted by molar-refractivity contribution is 7.80. The molecular formula is C25H35N7O2S. The number of nitrogens with one attached hydrogen (secondary N) is 4. The van der Waals surface area contributed by atoms with Crippen LogP contribution < -0.4 is 21.3 Å². The summed E-state index contributed by atoms with van der Waals surface area (Å²) in [6.45, 7) is 12.6. The number of anilines is 2. The number of nitrogens with zero attached hydrogens (tertiary/aromatic N) is 3. The van der Waals surface area contributed by atoms with Crippen molar-refractivity contribution in [2.75, 3.05) is 17.7 Å². The van der Waals surface area contributed by atoms with Crippen LogP contribution in [0.2, 0.25) is 0 Å². The number of piperidine rings is 1. The molecule has 9 nitrogen and oxygen atoms in total. The lowest BCUT2D eigenvalue weighted by molar-refractivity contribution is 0.0600. The van der Waals surface area contributed by atoms with Gasteiger partial charge in [-0.2, -0.15) is 0 Å². The Kier molecular flexibility index (Phi) is 8.07. The number of aryl methyl sites for hydroxylation is 2. The van der Waals surface area contributed by atoms with Crippen LogP contribution in [0, 0.1) is 13.8 Å². The molecule has 0 aliphatic carbocycles. The number of aliphatic imine (C=N–C) groups is 1. The Morgan fingerprint density at radius 3 is 2.17 bits per heavy atom. The number of ether oxygens (including phenoxy) is 1. The molecule has 35 heavy (non-hydrogen) atoms. The second-order valence-corrected chi connectivity index (χ2v) is 10.6. The number of thiocarbonyl (C=S) groups is 1. The lowest BCUT2D eigenvalue weighted by atomic mass is 9.80. The van der Waals surface area contributed by atoms with Gasteiger partial charge < -0.3 is 20.7 Å². The highest BCUT2D eigenvalue weighted by Gasteiger charge is 2.37. The third-order valence-corrected chi connectivity index (χ3v) is 5.69. The summed E-state index contributed by atoms with van der Waals surface area (Å²) in [6, 6.07) is 8.84. The molecule has 10 heteroatoms. The zero-order chi connectivity index (χ0) is 25.8. The third kappa shape index (κ3) is 7.97. The average molecular weight is 498 g/mol. The third-order valence-electron chi connectivity index (χ3n) is 5.49. The number of aromatic nitrogens is 2. The summed E-state index contributed by atoms with van der Waals surface area (Å²) in [7, 11) is 1.35. The number of benzene rings is 1. The first kappa shape index (κ1) is 26.5. The van der Waals surface area contributed by atoms with Crippen LogP contribution in [0.15, 0.2) is 35.3 Å². The number of hydrogen-bond acceptors (Lipinski definition) is 7. The predicted octanol–water partition coefficient (Wildman–Crippen LogP) is 3.94. The van der Waals surface area contributed by atoms with Gasteiger partial charge in [0.2, 0.25) is 11.9 Å². The van der Waals surface area contributed by atoms with E-state index in [0.29, 0.717) is 22.6 Å². The molecule has 2 aromatic rings. The summed E-state index contributed by atoms with van der Waals surface area (Å²) in [6.07, 6.45) is 1.73. The average Bonchev–Trinajstić information content (AvgIpc) is 2.70. The van der Waals surface area contributed by atoms with E-state index in [1.54, 1.807) is 24.3 Å². The van der Waals surface area contributed by atoms with Crippen molar-refractivity contribution in [2.45, 2.75) is 71.5 Å². The first-order valence-corrected chi connectivity index (χ1v) is 12.0. The molecule has 3 rings (SSSR count). The van der Waals surface area contributed by atoms with Crippen molar-refractivity contribution in [3.05, 3.63) is 47.3 Å². The minimum Gasteiger partial charge on any atom is -0.465 e. The highest BCUT2D eigenvalue weighted by atomic mass is 32.1. The number of rotatable bonds is 4. The first-order chi connectivity index (χ1) is 16.3. The maximum Gasteiger partial charge on any atom is 0.337 e. The number of guanidine groups is 1. The summed E-state index contributed by atoms with van der Waals surface area (Å²) in [5.74, 6) is 0.528. The molecular weight excluding hydrogens is 462 g/mol. The zero-order valence-corrected chi connectivity index (χ0v) is 22.3. The van der Waals surface area contributed by atoms with E-state index in [0.717, 1.165) is 29.9 Å². The molecule has 0 unspecified atom stereocenters. The van der Waals surface area contributed by atoms with Gasteiger partial charge in [0.25, 0.3) is 0 Å². The minimum atomic E-state index is -0.392. The molecule has 1 aliphatic rings. The number of carbonyl (C=O) groups excluding carboxylic acids is 1. The fraction of sp³-hybridized carbons (Fsp3) is 0.480. The molecule has 188 valence electrons. The van der Waals surface area contributed by atoms with Crippen molar-refractivity contribution < 1.29 is 9.53 Å². The van der Waals surface area contributed by atoms with E-state index in [4.69, 9.17) is 21.9 Å². The number of carbonyl (C=O) groups is 1. The number of methoxy groups -OCH3 is 1. The molecule has 1 saturated heterocycles.